The summed E-state index contributed by atoms with van der Waals surface area (Å²) in [5, 5.41) is 20.5. The number of ether oxygens (including phenoxy) is 5. The van der Waals surface area contributed by atoms with Crippen molar-refractivity contribution in [3.63, 3.8) is 0 Å². The van der Waals surface area contributed by atoms with E-state index in [1.165, 1.54) is 0 Å². The second-order valence-electron chi connectivity index (χ2n) is 17.7. The highest BCUT2D eigenvalue weighted by molar-refractivity contribution is 5.85. The Morgan fingerprint density at radius 1 is 1.03 bits per heavy atom. The third-order valence-electron chi connectivity index (χ3n) is 13.1. The third kappa shape index (κ3) is 9.70. The number of rotatable bonds is 11. The summed E-state index contributed by atoms with van der Waals surface area (Å²) >= 11 is 0. The van der Waals surface area contributed by atoms with E-state index >= 15 is 0 Å². The molecule has 5 rings (SSSR count). The number of unbranched alkanes of at least 4 members (excludes halogenated alkanes) is 1. The van der Waals surface area contributed by atoms with Gasteiger partial charge < -0.3 is 44.3 Å². The molecule has 1 aromatic carbocycles. The number of amides is 1. The zero-order valence-corrected chi connectivity index (χ0v) is 36.4. The number of anilines is 1. The molecule has 0 saturated carbocycles. The average Bonchev–Trinajstić information content (AvgIpc) is 3.76. The Hall–Kier alpha value is -3.63. The number of hydrogen-bond acceptors (Lipinski definition) is 13. The number of nitrogen functional groups attached to an aromatic ring is 1. The van der Waals surface area contributed by atoms with Gasteiger partial charge in [-0.25, -0.2) is 4.79 Å². The Bertz CT molecular complexity index is 1720. The van der Waals surface area contributed by atoms with Gasteiger partial charge in [0.15, 0.2) is 11.9 Å². The highest BCUT2D eigenvalue weighted by Gasteiger charge is 2.60. The number of aliphatic hydroxyl groups excluding tert-OH is 1. The van der Waals surface area contributed by atoms with Crippen LogP contribution in [0.5, 0.6) is 0 Å². The Morgan fingerprint density at radius 3 is 2.40 bits per heavy atom. The lowest BCUT2D eigenvalue weighted by molar-refractivity contribution is -0.270. The van der Waals surface area contributed by atoms with Crippen molar-refractivity contribution in [2.45, 2.75) is 154 Å². The van der Waals surface area contributed by atoms with Crippen LogP contribution in [0, 0.1) is 23.7 Å². The zero-order chi connectivity index (χ0) is 42.7. The van der Waals surface area contributed by atoms with E-state index in [1.807, 2.05) is 86.1 Å². The monoisotopic (exact) mass is 813 g/mol. The molecule has 15 nitrogen and oxygen atoms in total. The lowest BCUT2D eigenvalue weighted by Crippen LogP contribution is -2.59. The standard InChI is InChI=1S/C43H68N6O9/c1-12-34-43(8)38(49(41(53)58-43)19-14-13-18-48-24-33(45-46-48)30-16-15-17-31(44)21-30)27(4)36(50)25(2)23-42(7,54-11)39(28(5)37(51)29(6)40(52)56-34)57-35-22-32(47(9)10)20-26(3)55-35/h15-17,21,24-29,32,34-35,37-39,51H,12-14,18-20,22-23,44H2,1-11H3/t25-,26-,27+,28+,29-,32+,34-,35+,37+,38?,39-,42+,43-/m1/s1. The van der Waals surface area contributed by atoms with E-state index in [1.54, 1.807) is 30.5 Å². The van der Waals surface area contributed by atoms with Crippen molar-refractivity contribution in [2.24, 2.45) is 23.7 Å². The number of carbonyl (C=O) groups is 3. The fourth-order valence-corrected chi connectivity index (χ4v) is 9.60. The number of benzene rings is 1. The van der Waals surface area contributed by atoms with E-state index in [0.717, 1.165) is 12.0 Å². The molecule has 0 aliphatic carbocycles. The van der Waals surface area contributed by atoms with Gasteiger partial charge in [-0.1, -0.05) is 45.0 Å². The molecule has 3 aliphatic rings. The van der Waals surface area contributed by atoms with E-state index in [0.29, 0.717) is 50.2 Å². The molecule has 13 atom stereocenters. The van der Waals surface area contributed by atoms with Crippen molar-refractivity contribution >= 4 is 23.5 Å². The first kappa shape index (κ1) is 45.5. The lowest BCUT2D eigenvalue weighted by atomic mass is 9.73. The van der Waals surface area contributed by atoms with Gasteiger partial charge in [0.1, 0.15) is 17.6 Å². The Balaban J connectivity index is 1.41. The highest BCUT2D eigenvalue weighted by atomic mass is 16.7. The number of Topliss-reactive ketones (excluding diaryl/α,β-unsaturated/α-hetero) is 1. The fraction of sp³-hybridized carbons (Fsp3) is 0.744. The molecule has 324 valence electrons. The molecular weight excluding hydrogens is 745 g/mol. The largest absolute Gasteiger partial charge is 0.458 e. The third-order valence-corrected chi connectivity index (χ3v) is 13.1. The van der Waals surface area contributed by atoms with Crippen molar-refractivity contribution in [1.29, 1.82) is 0 Å². The topological polar surface area (TPSA) is 181 Å². The number of hydrogen-bond donors (Lipinski definition) is 2. The van der Waals surface area contributed by atoms with Gasteiger partial charge in [-0.05, 0) is 86.0 Å². The second-order valence-corrected chi connectivity index (χ2v) is 17.7. The summed E-state index contributed by atoms with van der Waals surface area (Å²) < 4.78 is 33.5. The van der Waals surface area contributed by atoms with Crippen LogP contribution in [0.15, 0.2) is 30.5 Å². The number of nitrogens with two attached hydrogens (primary N) is 1. The van der Waals surface area contributed by atoms with Crippen molar-refractivity contribution in [2.75, 3.05) is 33.5 Å². The second kappa shape index (κ2) is 18.7. The van der Waals surface area contributed by atoms with Crippen LogP contribution in [0.2, 0.25) is 0 Å². The summed E-state index contributed by atoms with van der Waals surface area (Å²) in [6.45, 7) is 15.5. The minimum atomic E-state index is -1.36. The van der Waals surface area contributed by atoms with Gasteiger partial charge >= 0.3 is 12.1 Å². The number of nitrogens with zero attached hydrogens (tertiary/aromatic N) is 5. The molecule has 1 unspecified atom stereocenters. The number of cyclic esters (lactones) is 1. The maximum atomic E-state index is 14.7. The summed E-state index contributed by atoms with van der Waals surface area (Å²) in [5.74, 6) is -3.59. The Labute approximate surface area is 344 Å². The molecule has 0 radical (unpaired) electrons. The first-order valence-corrected chi connectivity index (χ1v) is 21.0. The summed E-state index contributed by atoms with van der Waals surface area (Å²) in [4.78, 5) is 46.4. The molecule has 4 heterocycles. The minimum Gasteiger partial charge on any atom is -0.458 e. The summed E-state index contributed by atoms with van der Waals surface area (Å²) in [5.41, 5.74) is 5.73. The lowest BCUT2D eigenvalue weighted by Gasteiger charge is -2.47. The van der Waals surface area contributed by atoms with Gasteiger partial charge in [0.05, 0.1) is 42.1 Å². The Kier molecular flexibility index (Phi) is 14.7. The number of aryl methyl sites for hydroxylation is 1. The number of fused-ring (bicyclic) bond motifs is 1. The molecule has 1 amide bonds. The van der Waals surface area contributed by atoms with Gasteiger partial charge in [-0.2, -0.15) is 0 Å². The van der Waals surface area contributed by atoms with E-state index in [2.05, 4.69) is 15.2 Å². The van der Waals surface area contributed by atoms with Crippen LogP contribution in [0.3, 0.4) is 0 Å². The number of esters is 1. The van der Waals surface area contributed by atoms with Gasteiger partial charge in [-0.3, -0.25) is 14.3 Å². The number of carbonyl (C=O) groups excluding carboxylic acids is 3. The first-order chi connectivity index (χ1) is 27.3. The number of aliphatic hydroxyl groups is 1. The predicted octanol–water partition coefficient (Wildman–Crippen LogP) is 5.33. The van der Waals surface area contributed by atoms with Crippen LogP contribution in [0.25, 0.3) is 11.3 Å². The van der Waals surface area contributed by atoms with Crippen LogP contribution in [0.1, 0.15) is 93.9 Å². The molecule has 0 bridgehead atoms. The summed E-state index contributed by atoms with van der Waals surface area (Å²) in [6.07, 6.45) is 1.00. The van der Waals surface area contributed by atoms with Gasteiger partial charge in [0.2, 0.25) is 0 Å². The van der Waals surface area contributed by atoms with Crippen LogP contribution in [0.4, 0.5) is 10.5 Å². The van der Waals surface area contributed by atoms with Gasteiger partial charge in [-0.15, -0.1) is 5.10 Å². The molecule has 15 heteroatoms. The van der Waals surface area contributed by atoms with E-state index in [9.17, 15) is 19.5 Å². The van der Waals surface area contributed by atoms with Crippen molar-refractivity contribution < 1.29 is 43.2 Å². The van der Waals surface area contributed by atoms with Crippen molar-refractivity contribution in [1.82, 2.24) is 24.8 Å². The number of aromatic nitrogens is 3. The fourth-order valence-electron chi connectivity index (χ4n) is 9.60. The van der Waals surface area contributed by atoms with E-state index in [-0.39, 0.29) is 24.3 Å². The Morgan fingerprint density at radius 2 is 1.74 bits per heavy atom. The molecule has 3 fully saturated rings. The zero-order valence-electron chi connectivity index (χ0n) is 36.4. The number of methoxy groups -OCH3 is 1. The van der Waals surface area contributed by atoms with Crippen LogP contribution < -0.4 is 5.73 Å². The maximum absolute atomic E-state index is 14.7. The molecule has 3 saturated heterocycles. The molecule has 1 aromatic heterocycles. The molecule has 3 N–H and O–H groups in total. The SMILES string of the molecule is CC[C@H]1OC(=O)[C@H](C)[C@@H](O)[C@H](C)[C@@H](O[C@H]2C[C@@H](N(C)C)C[C@@H](C)O2)[C@@](C)(OC)C[C@@H](C)C(=O)[C@H](C)C2N(CCCCn3cc(-c4cccc(N)c4)nn3)C(=O)O[C@@]21C. The molecule has 0 spiro atoms. The highest BCUT2D eigenvalue weighted by Crippen LogP contribution is 2.43. The van der Waals surface area contributed by atoms with E-state index in [4.69, 9.17) is 29.4 Å². The summed E-state index contributed by atoms with van der Waals surface area (Å²) in [7, 11) is 5.64. The quantitative estimate of drug-likeness (QED) is 0.169. The predicted molar refractivity (Wildman–Crippen MR) is 218 cm³/mol. The summed E-state index contributed by atoms with van der Waals surface area (Å²) in [6, 6.07) is 6.92. The molecule has 3 aliphatic heterocycles. The normalized spacial score (nSPS) is 36.7. The van der Waals surface area contributed by atoms with Crippen molar-refractivity contribution in [3.8, 4) is 11.3 Å². The number of ketones is 1. The molecule has 2 aromatic rings. The average molecular weight is 813 g/mol. The van der Waals surface area contributed by atoms with Crippen LogP contribution in [-0.2, 0) is 39.8 Å². The molecule has 58 heavy (non-hydrogen) atoms. The first-order valence-electron chi connectivity index (χ1n) is 21.0. The van der Waals surface area contributed by atoms with Crippen molar-refractivity contribution in [3.05, 3.63) is 30.5 Å². The van der Waals surface area contributed by atoms with Gasteiger partial charge in [0, 0.05) is 61.7 Å². The van der Waals surface area contributed by atoms with Crippen LogP contribution >= 0.6 is 0 Å². The van der Waals surface area contributed by atoms with Crippen LogP contribution in [-0.4, -0.2) is 129 Å². The minimum absolute atomic E-state index is 0.0659. The smallest absolute Gasteiger partial charge is 0.410 e. The van der Waals surface area contributed by atoms with E-state index < -0.39 is 77.6 Å². The maximum Gasteiger partial charge on any atom is 0.410 e. The van der Waals surface area contributed by atoms with Gasteiger partial charge in [0.25, 0.3) is 0 Å². The molecular formula is C43H68N6O9.